The van der Waals surface area contributed by atoms with E-state index in [-0.39, 0.29) is 16.9 Å². The van der Waals surface area contributed by atoms with Gasteiger partial charge in [-0.3, -0.25) is 15.0 Å². The van der Waals surface area contributed by atoms with Crippen LogP contribution in [0.25, 0.3) is 11.3 Å². The van der Waals surface area contributed by atoms with Gasteiger partial charge in [-0.2, -0.15) is 10.2 Å². The molecule has 0 spiro atoms. The van der Waals surface area contributed by atoms with Crippen molar-refractivity contribution < 1.29 is 13.9 Å². The molecular weight excluding hydrogens is 487 g/mol. The van der Waals surface area contributed by atoms with Crippen molar-refractivity contribution in [3.63, 3.8) is 0 Å². The van der Waals surface area contributed by atoms with Gasteiger partial charge in [0.05, 0.1) is 29.8 Å². The van der Waals surface area contributed by atoms with Crippen molar-refractivity contribution >= 4 is 17.5 Å². The molecule has 0 aliphatic carbocycles. The van der Waals surface area contributed by atoms with Crippen LogP contribution in [0.15, 0.2) is 55.0 Å². The van der Waals surface area contributed by atoms with Gasteiger partial charge in [-0.15, -0.1) is 0 Å². The number of aromatic nitrogens is 5. The van der Waals surface area contributed by atoms with E-state index in [0.29, 0.717) is 23.8 Å². The van der Waals surface area contributed by atoms with Crippen LogP contribution in [0.1, 0.15) is 26.5 Å². The highest BCUT2D eigenvalue weighted by atomic mass is 19.1. The minimum Gasteiger partial charge on any atom is -0.457 e. The lowest BCUT2D eigenvalue weighted by molar-refractivity contribution is 0.261. The molecule has 4 aromatic rings. The first-order chi connectivity index (χ1) is 18.0. The van der Waals surface area contributed by atoms with E-state index in [0.717, 1.165) is 17.8 Å². The van der Waals surface area contributed by atoms with Crippen molar-refractivity contribution in [2.45, 2.75) is 32.7 Å². The van der Waals surface area contributed by atoms with Gasteiger partial charge in [-0.05, 0) is 32.3 Å². The number of anilines is 2. The second-order valence-electron chi connectivity index (χ2n) is 10.3. The summed E-state index contributed by atoms with van der Waals surface area (Å²) in [7, 11) is 5.77. The third kappa shape index (κ3) is 6.74. The Morgan fingerprint density at radius 2 is 1.87 bits per heavy atom. The molecule has 38 heavy (non-hydrogen) atoms. The van der Waals surface area contributed by atoms with E-state index < -0.39 is 11.8 Å². The lowest BCUT2D eigenvalue weighted by atomic mass is 9.92. The van der Waals surface area contributed by atoms with Crippen LogP contribution in [-0.4, -0.2) is 56.1 Å². The molecule has 10 nitrogen and oxygen atoms in total. The molecule has 0 aliphatic rings. The quantitative estimate of drug-likeness (QED) is 0.335. The number of amides is 2. The number of urea groups is 1. The van der Waals surface area contributed by atoms with Crippen molar-refractivity contribution in [1.82, 2.24) is 29.4 Å². The summed E-state index contributed by atoms with van der Waals surface area (Å²) in [5.74, 6) is 0.693. The van der Waals surface area contributed by atoms with Crippen molar-refractivity contribution in [3.05, 3.63) is 66.5 Å². The molecule has 3 heterocycles. The van der Waals surface area contributed by atoms with E-state index in [2.05, 4.69) is 46.6 Å². The van der Waals surface area contributed by atoms with E-state index in [4.69, 9.17) is 4.74 Å². The molecule has 1 aromatic carbocycles. The number of aryl methyl sites for hydroxylation is 1. The Kier molecular flexibility index (Phi) is 7.77. The molecular formula is C27H33FN8O2. The molecule has 0 saturated carbocycles. The molecule has 0 saturated heterocycles. The van der Waals surface area contributed by atoms with E-state index in [1.165, 1.54) is 12.1 Å². The van der Waals surface area contributed by atoms with Gasteiger partial charge in [0.2, 0.25) is 0 Å². The largest absolute Gasteiger partial charge is 0.457 e. The molecule has 0 radical (unpaired) electrons. The smallest absolute Gasteiger partial charge is 0.324 e. The molecule has 11 heteroatoms. The highest BCUT2D eigenvalue weighted by Crippen LogP contribution is 2.28. The van der Waals surface area contributed by atoms with Crippen LogP contribution in [0.2, 0.25) is 0 Å². The third-order valence-electron chi connectivity index (χ3n) is 5.71. The SMILES string of the molecule is CN(C)CCn1nc(C(C)(C)C)cc1NC(=O)Nc1ccc(Oc2ccnc(-c3cnn(C)c3)c2)cc1F. The number of rotatable bonds is 8. The average molecular weight is 521 g/mol. The maximum atomic E-state index is 14.9. The summed E-state index contributed by atoms with van der Waals surface area (Å²) >= 11 is 0. The molecule has 0 unspecified atom stereocenters. The lowest BCUT2D eigenvalue weighted by Crippen LogP contribution is -2.24. The first-order valence-electron chi connectivity index (χ1n) is 12.2. The number of nitrogens with zero attached hydrogens (tertiary/aromatic N) is 6. The van der Waals surface area contributed by atoms with E-state index in [9.17, 15) is 9.18 Å². The van der Waals surface area contributed by atoms with Gasteiger partial charge in [-0.25, -0.2) is 13.9 Å². The van der Waals surface area contributed by atoms with Crippen LogP contribution in [0, 0.1) is 5.82 Å². The summed E-state index contributed by atoms with van der Waals surface area (Å²) in [4.78, 5) is 19.1. The second kappa shape index (κ2) is 11.0. The molecule has 0 fully saturated rings. The highest BCUT2D eigenvalue weighted by Gasteiger charge is 2.21. The van der Waals surface area contributed by atoms with Gasteiger partial charge in [0, 0.05) is 55.2 Å². The Labute approximate surface area is 221 Å². The number of benzene rings is 1. The Balaban J connectivity index is 1.44. The van der Waals surface area contributed by atoms with Gasteiger partial charge in [-0.1, -0.05) is 20.8 Å². The monoisotopic (exact) mass is 520 g/mol. The number of hydrogen-bond acceptors (Lipinski definition) is 6. The Bertz CT molecular complexity index is 1420. The molecule has 0 atom stereocenters. The van der Waals surface area contributed by atoms with Crippen LogP contribution in [0.4, 0.5) is 20.7 Å². The first-order valence-corrected chi connectivity index (χ1v) is 12.2. The summed E-state index contributed by atoms with van der Waals surface area (Å²) in [6.07, 6.45) is 5.16. The number of pyridine rings is 1. The zero-order valence-corrected chi connectivity index (χ0v) is 22.5. The van der Waals surface area contributed by atoms with Crippen LogP contribution in [0.3, 0.4) is 0 Å². The van der Waals surface area contributed by atoms with Gasteiger partial charge < -0.3 is 15.0 Å². The van der Waals surface area contributed by atoms with Crippen LogP contribution >= 0.6 is 0 Å². The van der Waals surface area contributed by atoms with Crippen LogP contribution < -0.4 is 15.4 Å². The molecule has 3 aromatic heterocycles. The third-order valence-corrected chi connectivity index (χ3v) is 5.71. The molecule has 2 amide bonds. The number of halogens is 1. The highest BCUT2D eigenvalue weighted by molar-refractivity contribution is 5.99. The fraction of sp³-hybridized carbons (Fsp3) is 0.333. The maximum Gasteiger partial charge on any atom is 0.324 e. The van der Waals surface area contributed by atoms with Crippen molar-refractivity contribution in [1.29, 1.82) is 0 Å². The van der Waals surface area contributed by atoms with Crippen molar-refractivity contribution in [2.75, 3.05) is 31.3 Å². The van der Waals surface area contributed by atoms with Crippen LogP contribution in [0.5, 0.6) is 11.5 Å². The summed E-state index contributed by atoms with van der Waals surface area (Å²) in [5, 5.41) is 14.2. The van der Waals surface area contributed by atoms with Gasteiger partial charge >= 0.3 is 6.03 Å². The van der Waals surface area contributed by atoms with Gasteiger partial charge in [0.15, 0.2) is 0 Å². The number of hydrogen-bond donors (Lipinski definition) is 2. The zero-order valence-electron chi connectivity index (χ0n) is 22.5. The van der Waals surface area contributed by atoms with Crippen molar-refractivity contribution in [2.24, 2.45) is 7.05 Å². The molecule has 0 aliphatic heterocycles. The van der Waals surface area contributed by atoms with Crippen LogP contribution in [-0.2, 0) is 19.0 Å². The van der Waals surface area contributed by atoms with E-state index >= 15 is 0 Å². The summed E-state index contributed by atoms with van der Waals surface area (Å²) in [5.41, 5.74) is 2.21. The van der Waals surface area contributed by atoms with Crippen molar-refractivity contribution in [3.8, 4) is 22.8 Å². The fourth-order valence-electron chi connectivity index (χ4n) is 3.60. The second-order valence-corrected chi connectivity index (χ2v) is 10.3. The normalized spacial score (nSPS) is 11.6. The summed E-state index contributed by atoms with van der Waals surface area (Å²) in [6.45, 7) is 7.51. The number of ether oxygens (including phenoxy) is 1. The Morgan fingerprint density at radius 3 is 2.53 bits per heavy atom. The molecule has 0 bridgehead atoms. The number of carbonyl (C=O) groups is 1. The topological polar surface area (TPSA) is 102 Å². The Hall–Kier alpha value is -4.25. The lowest BCUT2D eigenvalue weighted by Gasteiger charge is -2.14. The molecule has 200 valence electrons. The zero-order chi connectivity index (χ0) is 27.4. The molecule has 2 N–H and O–H groups in total. The van der Waals surface area contributed by atoms with Gasteiger partial charge in [0.25, 0.3) is 0 Å². The molecule has 4 rings (SSSR count). The minimum atomic E-state index is -0.629. The van der Waals surface area contributed by atoms with E-state index in [1.54, 1.807) is 40.0 Å². The number of nitrogens with one attached hydrogen (secondary N) is 2. The summed E-state index contributed by atoms with van der Waals surface area (Å²) in [6, 6.07) is 8.97. The first kappa shape index (κ1) is 26.8. The predicted octanol–water partition coefficient (Wildman–Crippen LogP) is 5.11. The minimum absolute atomic E-state index is 0.0241. The van der Waals surface area contributed by atoms with Gasteiger partial charge in [0.1, 0.15) is 23.1 Å². The number of carbonyl (C=O) groups excluding carboxylic acids is 1. The standard InChI is InChI=1S/C27H33FN8O2/c1-27(2,3)24-15-25(36(33-24)12-11-34(4)5)32-26(37)31-22-8-7-19(13-21(22)28)38-20-9-10-29-23(14-20)18-16-30-35(6)17-18/h7-10,13-17H,11-12H2,1-6H3,(H2,31,32,37). The maximum absolute atomic E-state index is 14.9. The average Bonchev–Trinajstić information content (AvgIpc) is 3.46. The summed E-state index contributed by atoms with van der Waals surface area (Å²) < 4.78 is 24.1. The fourth-order valence-corrected chi connectivity index (χ4v) is 3.60. The van der Waals surface area contributed by atoms with E-state index in [1.807, 2.05) is 38.3 Å². The number of likely N-dealkylation sites (N-methyl/N-ethyl adjacent to an activating group) is 1. The Morgan fingerprint density at radius 1 is 1.11 bits per heavy atom. The predicted molar refractivity (Wildman–Crippen MR) is 145 cm³/mol.